The van der Waals surface area contributed by atoms with Crippen LogP contribution in [0.1, 0.15) is 12.8 Å². The Morgan fingerprint density at radius 3 is 2.36 bits per heavy atom. The number of nitrogens with one attached hydrogen (secondary N) is 2. The van der Waals surface area contributed by atoms with E-state index in [1.807, 2.05) is 0 Å². The fourth-order valence-corrected chi connectivity index (χ4v) is 0.774. The van der Waals surface area contributed by atoms with Crippen LogP contribution < -0.4 is 16.4 Å². The van der Waals surface area contributed by atoms with Gasteiger partial charge in [-0.2, -0.15) is 0 Å². The van der Waals surface area contributed by atoms with Crippen molar-refractivity contribution in [1.29, 1.82) is 0 Å². The van der Waals surface area contributed by atoms with Crippen molar-refractivity contribution < 1.29 is 19.5 Å². The molecule has 0 rings (SSSR count). The summed E-state index contributed by atoms with van der Waals surface area (Å²) in [5.74, 6) is -1.80. The standard InChI is InChI=1S/C7H13N3O4/c1-9-7(14)10-4(6(12)13)2-3-5(8)11/h4H,2-3H2,1H3,(H2,8,11)(H,12,13)(H2,9,10,14)/t4-/m1/s1. The van der Waals surface area contributed by atoms with Gasteiger partial charge in [0.25, 0.3) is 0 Å². The van der Waals surface area contributed by atoms with E-state index in [4.69, 9.17) is 10.8 Å². The van der Waals surface area contributed by atoms with Gasteiger partial charge >= 0.3 is 12.0 Å². The summed E-state index contributed by atoms with van der Waals surface area (Å²) in [4.78, 5) is 31.7. The molecule has 0 spiro atoms. The highest BCUT2D eigenvalue weighted by Crippen LogP contribution is 1.96. The van der Waals surface area contributed by atoms with E-state index in [-0.39, 0.29) is 12.8 Å². The molecule has 0 heterocycles. The number of carboxylic acid groups (broad SMARTS) is 1. The van der Waals surface area contributed by atoms with Crippen LogP contribution in [0.5, 0.6) is 0 Å². The Bertz CT molecular complexity index is 241. The lowest BCUT2D eigenvalue weighted by Crippen LogP contribution is -2.45. The Morgan fingerprint density at radius 2 is 2.00 bits per heavy atom. The molecule has 0 bridgehead atoms. The second-order valence-electron chi connectivity index (χ2n) is 2.62. The predicted molar refractivity (Wildman–Crippen MR) is 47.4 cm³/mol. The maximum Gasteiger partial charge on any atom is 0.326 e. The van der Waals surface area contributed by atoms with Gasteiger partial charge in [-0.25, -0.2) is 9.59 Å². The first-order chi connectivity index (χ1) is 6.47. The zero-order valence-electron chi connectivity index (χ0n) is 7.74. The van der Waals surface area contributed by atoms with E-state index >= 15 is 0 Å². The molecule has 5 N–H and O–H groups in total. The second-order valence-corrected chi connectivity index (χ2v) is 2.62. The van der Waals surface area contributed by atoms with Gasteiger partial charge in [-0.1, -0.05) is 0 Å². The van der Waals surface area contributed by atoms with E-state index in [0.717, 1.165) is 0 Å². The fraction of sp³-hybridized carbons (Fsp3) is 0.571. The first kappa shape index (κ1) is 12.2. The summed E-state index contributed by atoms with van der Waals surface area (Å²) in [5, 5.41) is 13.0. The third-order valence-electron chi connectivity index (χ3n) is 1.51. The molecular weight excluding hydrogens is 190 g/mol. The first-order valence-electron chi connectivity index (χ1n) is 3.96. The Morgan fingerprint density at radius 1 is 1.43 bits per heavy atom. The summed E-state index contributed by atoms with van der Waals surface area (Å²) < 4.78 is 0. The van der Waals surface area contributed by atoms with Gasteiger partial charge in [0.1, 0.15) is 6.04 Å². The van der Waals surface area contributed by atoms with E-state index in [1.54, 1.807) is 0 Å². The lowest BCUT2D eigenvalue weighted by molar-refractivity contribution is -0.139. The van der Waals surface area contributed by atoms with E-state index in [9.17, 15) is 14.4 Å². The number of nitrogens with two attached hydrogens (primary N) is 1. The van der Waals surface area contributed by atoms with Crippen LogP contribution in [0.2, 0.25) is 0 Å². The number of primary amides is 1. The van der Waals surface area contributed by atoms with E-state index in [2.05, 4.69) is 10.6 Å². The molecule has 0 saturated heterocycles. The van der Waals surface area contributed by atoms with Crippen molar-refractivity contribution in [2.75, 3.05) is 7.05 Å². The average Bonchev–Trinajstić information content (AvgIpc) is 2.10. The number of carbonyl (C=O) groups is 3. The maximum atomic E-state index is 10.8. The number of carboxylic acids is 1. The third kappa shape index (κ3) is 4.96. The molecule has 7 heteroatoms. The summed E-state index contributed by atoms with van der Waals surface area (Å²) in [6.07, 6.45) is -0.0982. The van der Waals surface area contributed by atoms with E-state index < -0.39 is 23.9 Å². The molecule has 0 unspecified atom stereocenters. The number of rotatable bonds is 5. The molecule has 3 amide bonds. The van der Waals surface area contributed by atoms with Crippen LogP contribution in [0.4, 0.5) is 4.79 Å². The zero-order chi connectivity index (χ0) is 11.1. The zero-order valence-corrected chi connectivity index (χ0v) is 7.74. The van der Waals surface area contributed by atoms with E-state index in [0.29, 0.717) is 0 Å². The molecule has 1 atom stereocenters. The lowest BCUT2D eigenvalue weighted by Gasteiger charge is -2.12. The van der Waals surface area contributed by atoms with Crippen LogP contribution in [-0.4, -0.2) is 36.1 Å². The quantitative estimate of drug-likeness (QED) is 0.440. The van der Waals surface area contributed by atoms with Crippen molar-refractivity contribution in [1.82, 2.24) is 10.6 Å². The first-order valence-corrected chi connectivity index (χ1v) is 3.96. The van der Waals surface area contributed by atoms with Gasteiger partial charge in [-0.15, -0.1) is 0 Å². The van der Waals surface area contributed by atoms with Gasteiger partial charge in [0, 0.05) is 13.5 Å². The second kappa shape index (κ2) is 5.79. The molecule has 0 saturated carbocycles. The summed E-state index contributed by atoms with van der Waals surface area (Å²) in [7, 11) is 1.36. The molecule has 7 nitrogen and oxygen atoms in total. The van der Waals surface area contributed by atoms with Crippen molar-refractivity contribution in [3.8, 4) is 0 Å². The minimum atomic E-state index is -1.20. The largest absolute Gasteiger partial charge is 0.480 e. The third-order valence-corrected chi connectivity index (χ3v) is 1.51. The summed E-state index contributed by atoms with van der Waals surface area (Å²) in [5.41, 5.74) is 4.84. The average molecular weight is 203 g/mol. The van der Waals surface area contributed by atoms with Gasteiger partial charge in [0.05, 0.1) is 0 Å². The smallest absolute Gasteiger partial charge is 0.326 e. The molecule has 0 radical (unpaired) electrons. The maximum absolute atomic E-state index is 10.8. The molecule has 0 aliphatic heterocycles. The van der Waals surface area contributed by atoms with Gasteiger partial charge in [-0.05, 0) is 6.42 Å². The summed E-state index contributed by atoms with van der Waals surface area (Å²) in [6, 6.07) is -1.70. The Labute approximate surface area is 80.6 Å². The number of urea groups is 1. The van der Waals surface area contributed by atoms with Crippen LogP contribution in [0.15, 0.2) is 0 Å². The normalized spacial score (nSPS) is 11.5. The molecule has 14 heavy (non-hydrogen) atoms. The molecular formula is C7H13N3O4. The molecule has 0 fully saturated rings. The van der Waals surface area contributed by atoms with Crippen molar-refractivity contribution in [3.63, 3.8) is 0 Å². The van der Waals surface area contributed by atoms with Crippen LogP contribution in [0.25, 0.3) is 0 Å². The molecule has 0 aromatic rings. The van der Waals surface area contributed by atoms with Crippen molar-refractivity contribution in [2.24, 2.45) is 5.73 Å². The number of amides is 3. The van der Waals surface area contributed by atoms with Crippen LogP contribution in [0.3, 0.4) is 0 Å². The van der Waals surface area contributed by atoms with Gasteiger partial charge in [0.15, 0.2) is 0 Å². The Balaban J connectivity index is 4.09. The summed E-state index contributed by atoms with van der Waals surface area (Å²) in [6.45, 7) is 0. The Hall–Kier alpha value is -1.79. The number of aliphatic carboxylic acids is 1. The monoisotopic (exact) mass is 203 g/mol. The Kier molecular flexibility index (Phi) is 5.05. The SMILES string of the molecule is CNC(=O)N[C@H](CCC(N)=O)C(=O)O. The van der Waals surface area contributed by atoms with Crippen molar-refractivity contribution >= 4 is 17.9 Å². The van der Waals surface area contributed by atoms with Gasteiger partial charge in [0.2, 0.25) is 5.91 Å². The van der Waals surface area contributed by atoms with Crippen molar-refractivity contribution in [2.45, 2.75) is 18.9 Å². The predicted octanol–water partition coefficient (Wildman–Crippen LogP) is -1.37. The lowest BCUT2D eigenvalue weighted by atomic mass is 10.1. The van der Waals surface area contributed by atoms with Gasteiger partial charge in [-0.3, -0.25) is 4.79 Å². The minimum absolute atomic E-state index is 0.0158. The van der Waals surface area contributed by atoms with Gasteiger partial charge < -0.3 is 21.5 Å². The van der Waals surface area contributed by atoms with Crippen LogP contribution >= 0.6 is 0 Å². The number of carbonyl (C=O) groups excluding carboxylic acids is 2. The fourth-order valence-electron chi connectivity index (χ4n) is 0.774. The number of hydrogen-bond donors (Lipinski definition) is 4. The highest BCUT2D eigenvalue weighted by Gasteiger charge is 2.19. The molecule has 0 aromatic carbocycles. The van der Waals surface area contributed by atoms with Crippen molar-refractivity contribution in [3.05, 3.63) is 0 Å². The molecule has 0 aromatic heterocycles. The van der Waals surface area contributed by atoms with Crippen LogP contribution in [-0.2, 0) is 9.59 Å². The summed E-state index contributed by atoms with van der Waals surface area (Å²) >= 11 is 0. The van der Waals surface area contributed by atoms with Crippen LogP contribution in [0, 0.1) is 0 Å². The minimum Gasteiger partial charge on any atom is -0.480 e. The number of hydrogen-bond acceptors (Lipinski definition) is 3. The van der Waals surface area contributed by atoms with E-state index in [1.165, 1.54) is 7.05 Å². The molecule has 0 aliphatic rings. The highest BCUT2D eigenvalue weighted by molar-refractivity contribution is 5.83. The molecule has 0 aliphatic carbocycles. The highest BCUT2D eigenvalue weighted by atomic mass is 16.4. The molecule has 80 valence electrons. The topological polar surface area (TPSA) is 122 Å².